The Morgan fingerprint density at radius 3 is 2.76 bits per heavy atom. The number of carbonyl (C=O) groups is 1. The van der Waals surface area contributed by atoms with Gasteiger partial charge in [0.05, 0.1) is 24.4 Å². The van der Waals surface area contributed by atoms with E-state index in [1.165, 1.54) is 6.07 Å². The van der Waals surface area contributed by atoms with Gasteiger partial charge in [0.25, 0.3) is 0 Å². The molecule has 6 nitrogen and oxygen atoms in total. The molecule has 2 aliphatic rings. The SMILES string of the molecule is CS(=O)(=O)N[C@@H]1[C@@H](NC(=O)CCc2ccc(F)cc2F)[C@H]2CCO[C@H]21. The lowest BCUT2D eigenvalue weighted by atomic mass is 9.72. The first-order valence-corrected chi connectivity index (χ1v) is 9.96. The highest BCUT2D eigenvalue weighted by Gasteiger charge is 2.55. The summed E-state index contributed by atoms with van der Waals surface area (Å²) in [7, 11) is -3.42. The Labute approximate surface area is 145 Å². The Morgan fingerprint density at radius 1 is 1.32 bits per heavy atom. The molecule has 0 spiro atoms. The maximum Gasteiger partial charge on any atom is 0.220 e. The Kier molecular flexibility index (Phi) is 5.08. The van der Waals surface area contributed by atoms with Crippen molar-refractivity contribution in [3.05, 3.63) is 35.4 Å². The zero-order valence-corrected chi connectivity index (χ0v) is 14.5. The number of halogens is 2. The summed E-state index contributed by atoms with van der Waals surface area (Å²) >= 11 is 0. The summed E-state index contributed by atoms with van der Waals surface area (Å²) in [4.78, 5) is 12.2. The van der Waals surface area contributed by atoms with E-state index in [1.807, 2.05) is 0 Å². The molecular weight excluding hydrogens is 354 g/mol. The summed E-state index contributed by atoms with van der Waals surface area (Å²) < 4.78 is 57.5. The number of sulfonamides is 1. The van der Waals surface area contributed by atoms with Crippen LogP contribution < -0.4 is 10.0 Å². The van der Waals surface area contributed by atoms with Crippen LogP contribution in [-0.4, -0.2) is 45.4 Å². The Hall–Kier alpha value is -1.58. The average Bonchev–Trinajstić information content (AvgIpc) is 2.93. The molecule has 1 aromatic rings. The van der Waals surface area contributed by atoms with E-state index in [0.29, 0.717) is 6.61 Å². The first-order valence-electron chi connectivity index (χ1n) is 8.07. The molecule has 1 saturated carbocycles. The zero-order chi connectivity index (χ0) is 18.2. The van der Waals surface area contributed by atoms with E-state index in [0.717, 1.165) is 24.8 Å². The highest BCUT2D eigenvalue weighted by atomic mass is 32.2. The van der Waals surface area contributed by atoms with Crippen LogP contribution in [0.3, 0.4) is 0 Å². The minimum Gasteiger partial charge on any atom is -0.376 e. The second kappa shape index (κ2) is 6.97. The van der Waals surface area contributed by atoms with Crippen LogP contribution in [0.4, 0.5) is 8.78 Å². The van der Waals surface area contributed by atoms with E-state index in [4.69, 9.17) is 4.74 Å². The Morgan fingerprint density at radius 2 is 2.08 bits per heavy atom. The van der Waals surface area contributed by atoms with Gasteiger partial charge in [0.2, 0.25) is 15.9 Å². The van der Waals surface area contributed by atoms with E-state index in [2.05, 4.69) is 10.0 Å². The van der Waals surface area contributed by atoms with Crippen molar-refractivity contribution in [1.82, 2.24) is 10.0 Å². The van der Waals surface area contributed by atoms with Crippen LogP contribution in [0.2, 0.25) is 0 Å². The molecule has 2 fully saturated rings. The van der Waals surface area contributed by atoms with Crippen molar-refractivity contribution in [3.8, 4) is 0 Å². The maximum absolute atomic E-state index is 13.6. The number of hydrogen-bond acceptors (Lipinski definition) is 4. The number of carbonyl (C=O) groups excluding carboxylic acids is 1. The first kappa shape index (κ1) is 18.2. The van der Waals surface area contributed by atoms with E-state index < -0.39 is 27.7 Å². The van der Waals surface area contributed by atoms with Gasteiger partial charge in [-0.2, -0.15) is 0 Å². The highest BCUT2D eigenvalue weighted by Crippen LogP contribution is 2.39. The van der Waals surface area contributed by atoms with Gasteiger partial charge in [-0.05, 0) is 24.5 Å². The van der Waals surface area contributed by atoms with Gasteiger partial charge in [0.15, 0.2) is 0 Å². The van der Waals surface area contributed by atoms with Gasteiger partial charge in [0.1, 0.15) is 11.6 Å². The third-order valence-corrected chi connectivity index (χ3v) is 5.40. The maximum atomic E-state index is 13.6. The van der Waals surface area contributed by atoms with Crippen molar-refractivity contribution in [2.75, 3.05) is 12.9 Å². The van der Waals surface area contributed by atoms with Crippen molar-refractivity contribution in [2.45, 2.75) is 37.5 Å². The summed E-state index contributed by atoms with van der Waals surface area (Å²) in [6, 6.07) is 2.41. The summed E-state index contributed by atoms with van der Waals surface area (Å²) in [6.07, 6.45) is 1.76. The fourth-order valence-corrected chi connectivity index (χ4v) is 4.30. The Balaban J connectivity index is 1.57. The van der Waals surface area contributed by atoms with Crippen molar-refractivity contribution in [1.29, 1.82) is 0 Å². The highest BCUT2D eigenvalue weighted by molar-refractivity contribution is 7.88. The molecule has 4 atom stereocenters. The van der Waals surface area contributed by atoms with Crippen LogP contribution in [-0.2, 0) is 26.0 Å². The van der Waals surface area contributed by atoms with E-state index in [1.54, 1.807) is 0 Å². The molecule has 1 saturated heterocycles. The quantitative estimate of drug-likeness (QED) is 0.769. The molecule has 3 rings (SSSR count). The average molecular weight is 374 g/mol. The minimum atomic E-state index is -3.42. The van der Waals surface area contributed by atoms with Crippen LogP contribution in [0, 0.1) is 17.6 Å². The molecule has 2 N–H and O–H groups in total. The smallest absolute Gasteiger partial charge is 0.220 e. The molecule has 25 heavy (non-hydrogen) atoms. The fourth-order valence-electron chi connectivity index (χ4n) is 3.52. The van der Waals surface area contributed by atoms with Crippen molar-refractivity contribution < 1.29 is 26.7 Å². The lowest BCUT2D eigenvalue weighted by Crippen LogP contribution is -2.70. The molecule has 0 bridgehead atoms. The molecule has 1 aromatic carbocycles. The van der Waals surface area contributed by atoms with Crippen LogP contribution in [0.25, 0.3) is 0 Å². The molecule has 138 valence electrons. The summed E-state index contributed by atoms with van der Waals surface area (Å²) in [6.45, 7) is 0.532. The number of hydrogen-bond donors (Lipinski definition) is 2. The monoisotopic (exact) mass is 374 g/mol. The van der Waals surface area contributed by atoms with Gasteiger partial charge < -0.3 is 10.1 Å². The third kappa shape index (κ3) is 4.16. The predicted octanol–water partition coefficient (Wildman–Crippen LogP) is 0.719. The number of aryl methyl sites for hydroxylation is 1. The molecule has 0 unspecified atom stereocenters. The molecule has 0 aromatic heterocycles. The molecule has 0 radical (unpaired) electrons. The Bertz CT molecular complexity index is 771. The topological polar surface area (TPSA) is 84.5 Å². The van der Waals surface area contributed by atoms with Gasteiger partial charge in [-0.3, -0.25) is 4.79 Å². The molecule has 9 heteroatoms. The normalized spacial score (nSPS) is 28.3. The second-order valence-electron chi connectivity index (χ2n) is 6.53. The molecule has 1 aliphatic carbocycles. The fraction of sp³-hybridized carbons (Fsp3) is 0.562. The van der Waals surface area contributed by atoms with Gasteiger partial charge in [-0.15, -0.1) is 0 Å². The third-order valence-electron chi connectivity index (χ3n) is 4.70. The number of benzene rings is 1. The van der Waals surface area contributed by atoms with E-state index >= 15 is 0 Å². The van der Waals surface area contributed by atoms with Crippen LogP contribution in [0.1, 0.15) is 18.4 Å². The van der Waals surface area contributed by atoms with Crippen molar-refractivity contribution in [3.63, 3.8) is 0 Å². The summed E-state index contributed by atoms with van der Waals surface area (Å²) in [5.41, 5.74) is 0.262. The zero-order valence-electron chi connectivity index (χ0n) is 13.7. The molecular formula is C16H20F2N2O4S. The van der Waals surface area contributed by atoms with Crippen molar-refractivity contribution >= 4 is 15.9 Å². The number of amides is 1. The van der Waals surface area contributed by atoms with E-state index in [9.17, 15) is 22.0 Å². The summed E-state index contributed by atoms with van der Waals surface area (Å²) in [5.74, 6) is -1.58. The lowest BCUT2D eigenvalue weighted by Gasteiger charge is -2.47. The lowest BCUT2D eigenvalue weighted by molar-refractivity contribution is -0.125. The predicted molar refractivity (Wildman–Crippen MR) is 86.2 cm³/mol. The van der Waals surface area contributed by atoms with Gasteiger partial charge >= 0.3 is 0 Å². The largest absolute Gasteiger partial charge is 0.376 e. The minimum absolute atomic E-state index is 0.0306. The van der Waals surface area contributed by atoms with Gasteiger partial charge in [-0.25, -0.2) is 21.9 Å². The number of fused-ring (bicyclic) bond motifs is 1. The molecule has 1 aliphatic heterocycles. The second-order valence-corrected chi connectivity index (χ2v) is 8.31. The number of rotatable bonds is 6. The molecule has 1 heterocycles. The van der Waals surface area contributed by atoms with E-state index in [-0.39, 0.29) is 42.4 Å². The number of ether oxygens (including phenoxy) is 1. The summed E-state index contributed by atoms with van der Waals surface area (Å²) in [5, 5.41) is 2.82. The van der Waals surface area contributed by atoms with Gasteiger partial charge in [0, 0.05) is 25.0 Å². The van der Waals surface area contributed by atoms with Gasteiger partial charge in [-0.1, -0.05) is 6.07 Å². The van der Waals surface area contributed by atoms with Crippen molar-refractivity contribution in [2.24, 2.45) is 5.92 Å². The first-order chi connectivity index (χ1) is 11.7. The number of nitrogens with one attached hydrogen (secondary N) is 2. The van der Waals surface area contributed by atoms with Crippen LogP contribution in [0.5, 0.6) is 0 Å². The molecule has 1 amide bonds. The van der Waals surface area contributed by atoms with Crippen LogP contribution in [0.15, 0.2) is 18.2 Å². The standard InChI is InChI=1S/C16H20F2N2O4S/c1-25(22,23)20-15-14(11-6-7-24-16(11)15)19-13(21)5-3-9-2-4-10(17)8-12(9)18/h2,4,8,11,14-16,20H,3,5-7H2,1H3,(H,19,21)/t11-,14+,15-,16-/m1/s1. The van der Waals surface area contributed by atoms with Crippen LogP contribution >= 0.6 is 0 Å².